The molecule has 29 heavy (non-hydrogen) atoms. The zero-order valence-corrected chi connectivity index (χ0v) is 16.6. The van der Waals surface area contributed by atoms with Gasteiger partial charge in [0.25, 0.3) is 0 Å². The number of piperidine rings is 1. The van der Waals surface area contributed by atoms with E-state index in [0.29, 0.717) is 52.2 Å². The SMILES string of the molecule is O=C(CN1CCC(C(=O)N2CCOCC2)CC1)Nc1ccc(Cl)cc1C(F)(F)F. The largest absolute Gasteiger partial charge is 0.418 e. The monoisotopic (exact) mass is 433 g/mol. The van der Waals surface area contributed by atoms with Gasteiger partial charge in [0.05, 0.1) is 31.0 Å². The molecular weight excluding hydrogens is 411 g/mol. The van der Waals surface area contributed by atoms with Crippen molar-refractivity contribution >= 4 is 29.1 Å². The van der Waals surface area contributed by atoms with Crippen LogP contribution in [0, 0.1) is 5.92 Å². The summed E-state index contributed by atoms with van der Waals surface area (Å²) in [7, 11) is 0. The molecule has 3 rings (SSSR count). The lowest BCUT2D eigenvalue weighted by atomic mass is 9.95. The summed E-state index contributed by atoms with van der Waals surface area (Å²) in [6.07, 6.45) is -3.37. The molecule has 2 aliphatic heterocycles. The molecule has 160 valence electrons. The van der Waals surface area contributed by atoms with E-state index < -0.39 is 17.6 Å². The molecule has 0 atom stereocenters. The summed E-state index contributed by atoms with van der Waals surface area (Å²) in [5.41, 5.74) is -1.29. The fraction of sp³-hybridized carbons (Fsp3) is 0.579. The molecule has 10 heteroatoms. The van der Waals surface area contributed by atoms with E-state index in [1.807, 2.05) is 9.80 Å². The quantitative estimate of drug-likeness (QED) is 0.793. The van der Waals surface area contributed by atoms with Crippen molar-refractivity contribution in [1.29, 1.82) is 0 Å². The minimum absolute atomic E-state index is 0.0294. The molecular formula is C19H23ClF3N3O3. The first-order valence-electron chi connectivity index (χ1n) is 9.49. The maximum absolute atomic E-state index is 13.1. The van der Waals surface area contributed by atoms with Gasteiger partial charge in [-0.25, -0.2) is 0 Å². The number of rotatable bonds is 4. The van der Waals surface area contributed by atoms with Gasteiger partial charge in [-0.1, -0.05) is 11.6 Å². The zero-order valence-electron chi connectivity index (χ0n) is 15.8. The third-order valence-electron chi connectivity index (χ3n) is 5.19. The minimum Gasteiger partial charge on any atom is -0.378 e. The molecule has 1 aromatic rings. The van der Waals surface area contributed by atoms with E-state index in [4.69, 9.17) is 16.3 Å². The van der Waals surface area contributed by atoms with E-state index in [2.05, 4.69) is 5.32 Å². The third-order valence-corrected chi connectivity index (χ3v) is 5.42. The number of morpholine rings is 1. The number of hydrogen-bond donors (Lipinski definition) is 1. The molecule has 2 saturated heterocycles. The number of hydrogen-bond acceptors (Lipinski definition) is 4. The highest BCUT2D eigenvalue weighted by Crippen LogP contribution is 2.36. The number of amides is 2. The Kier molecular flexibility index (Phi) is 7.02. The number of nitrogens with zero attached hydrogens (tertiary/aromatic N) is 2. The van der Waals surface area contributed by atoms with Crippen LogP contribution in [0.3, 0.4) is 0 Å². The Balaban J connectivity index is 1.51. The lowest BCUT2D eigenvalue weighted by molar-refractivity contribution is -0.141. The van der Waals surface area contributed by atoms with Gasteiger partial charge < -0.3 is 15.0 Å². The van der Waals surface area contributed by atoms with Crippen molar-refractivity contribution in [1.82, 2.24) is 9.80 Å². The Morgan fingerprint density at radius 3 is 2.41 bits per heavy atom. The number of carbonyl (C=O) groups is 2. The lowest BCUT2D eigenvalue weighted by Gasteiger charge is -2.35. The molecule has 0 radical (unpaired) electrons. The van der Waals surface area contributed by atoms with Gasteiger partial charge in [0.2, 0.25) is 11.8 Å². The van der Waals surface area contributed by atoms with Crippen molar-refractivity contribution in [3.63, 3.8) is 0 Å². The molecule has 0 saturated carbocycles. The van der Waals surface area contributed by atoms with Crippen LogP contribution in [0.1, 0.15) is 18.4 Å². The van der Waals surface area contributed by atoms with Crippen molar-refractivity contribution in [2.75, 3.05) is 51.3 Å². The summed E-state index contributed by atoms with van der Waals surface area (Å²) in [6, 6.07) is 3.24. The van der Waals surface area contributed by atoms with Gasteiger partial charge in [-0.2, -0.15) is 13.2 Å². The average molecular weight is 434 g/mol. The Hall–Kier alpha value is -1.84. The van der Waals surface area contributed by atoms with Crippen molar-refractivity contribution in [3.8, 4) is 0 Å². The Bertz CT molecular complexity index is 746. The predicted molar refractivity (Wildman–Crippen MR) is 102 cm³/mol. The first-order valence-corrected chi connectivity index (χ1v) is 9.87. The van der Waals surface area contributed by atoms with Gasteiger partial charge in [-0.15, -0.1) is 0 Å². The van der Waals surface area contributed by atoms with E-state index >= 15 is 0 Å². The highest BCUT2D eigenvalue weighted by Gasteiger charge is 2.34. The summed E-state index contributed by atoms with van der Waals surface area (Å²) < 4.78 is 44.7. The summed E-state index contributed by atoms with van der Waals surface area (Å²) in [5, 5.41) is 2.28. The normalized spacial score (nSPS) is 19.2. The number of likely N-dealkylation sites (tertiary alicyclic amines) is 1. The summed E-state index contributed by atoms with van der Waals surface area (Å²) in [4.78, 5) is 28.5. The molecule has 0 bridgehead atoms. The minimum atomic E-state index is -4.62. The van der Waals surface area contributed by atoms with Gasteiger partial charge >= 0.3 is 6.18 Å². The first kappa shape index (κ1) is 21.9. The van der Waals surface area contributed by atoms with Gasteiger partial charge in [0.1, 0.15) is 0 Å². The fourth-order valence-electron chi connectivity index (χ4n) is 3.63. The van der Waals surface area contributed by atoms with E-state index in [-0.39, 0.29) is 29.1 Å². The fourth-order valence-corrected chi connectivity index (χ4v) is 3.80. The van der Waals surface area contributed by atoms with Gasteiger partial charge in [0, 0.05) is 24.0 Å². The summed E-state index contributed by atoms with van der Waals surface area (Å²) >= 11 is 5.65. The predicted octanol–water partition coefficient (Wildman–Crippen LogP) is 2.87. The zero-order chi connectivity index (χ0) is 21.0. The van der Waals surface area contributed by atoms with Crippen LogP contribution >= 0.6 is 11.6 Å². The second-order valence-electron chi connectivity index (χ2n) is 7.22. The standard InChI is InChI=1S/C19H23ClF3N3O3/c20-14-1-2-16(15(11-14)19(21,22)23)24-17(27)12-25-5-3-13(4-6-25)18(28)26-7-9-29-10-8-26/h1-2,11,13H,3-10,12H2,(H,24,27). The molecule has 0 unspecified atom stereocenters. The van der Waals surface area contributed by atoms with E-state index in [1.54, 1.807) is 0 Å². The lowest BCUT2D eigenvalue weighted by Crippen LogP contribution is -2.47. The Morgan fingerprint density at radius 2 is 1.79 bits per heavy atom. The van der Waals surface area contributed by atoms with Crippen LogP contribution in [0.5, 0.6) is 0 Å². The smallest absolute Gasteiger partial charge is 0.378 e. The molecule has 2 fully saturated rings. The molecule has 2 aliphatic rings. The second kappa shape index (κ2) is 9.32. The van der Waals surface area contributed by atoms with E-state index in [9.17, 15) is 22.8 Å². The van der Waals surface area contributed by atoms with Gasteiger partial charge in [-0.05, 0) is 44.1 Å². The number of halogens is 4. The average Bonchev–Trinajstić information content (AvgIpc) is 2.69. The van der Waals surface area contributed by atoms with Gasteiger partial charge in [-0.3, -0.25) is 14.5 Å². The molecule has 0 aromatic heterocycles. The number of alkyl halides is 3. The van der Waals surface area contributed by atoms with Gasteiger partial charge in [0.15, 0.2) is 0 Å². The first-order chi connectivity index (χ1) is 13.7. The van der Waals surface area contributed by atoms with Crippen LogP contribution in [0.25, 0.3) is 0 Å². The number of nitrogens with one attached hydrogen (secondary N) is 1. The summed E-state index contributed by atoms with van der Waals surface area (Å²) in [6.45, 7) is 3.36. The molecule has 0 aliphatic carbocycles. The second-order valence-corrected chi connectivity index (χ2v) is 7.66. The topological polar surface area (TPSA) is 61.9 Å². The van der Waals surface area contributed by atoms with Crippen LogP contribution in [0.2, 0.25) is 5.02 Å². The molecule has 6 nitrogen and oxygen atoms in total. The van der Waals surface area contributed by atoms with Crippen LogP contribution in [-0.2, 0) is 20.5 Å². The Morgan fingerprint density at radius 1 is 1.14 bits per heavy atom. The number of ether oxygens (including phenoxy) is 1. The van der Waals surface area contributed by atoms with Crippen LogP contribution in [0.4, 0.5) is 18.9 Å². The highest BCUT2D eigenvalue weighted by atomic mass is 35.5. The summed E-state index contributed by atoms with van der Waals surface area (Å²) in [5.74, 6) is -0.496. The highest BCUT2D eigenvalue weighted by molar-refractivity contribution is 6.30. The maximum Gasteiger partial charge on any atom is 0.418 e. The van der Waals surface area contributed by atoms with E-state index in [1.165, 1.54) is 6.07 Å². The maximum atomic E-state index is 13.1. The molecule has 1 aromatic carbocycles. The van der Waals surface area contributed by atoms with Crippen LogP contribution < -0.4 is 5.32 Å². The third kappa shape index (κ3) is 5.83. The van der Waals surface area contributed by atoms with Crippen LogP contribution in [0.15, 0.2) is 18.2 Å². The number of benzene rings is 1. The molecule has 2 heterocycles. The van der Waals surface area contributed by atoms with E-state index in [0.717, 1.165) is 12.1 Å². The molecule has 2 amide bonds. The number of anilines is 1. The van der Waals surface area contributed by atoms with Crippen molar-refractivity contribution < 1.29 is 27.5 Å². The van der Waals surface area contributed by atoms with Crippen LogP contribution in [-0.4, -0.2) is 67.6 Å². The van der Waals surface area contributed by atoms with Crippen molar-refractivity contribution in [3.05, 3.63) is 28.8 Å². The molecule has 1 N–H and O–H groups in total. The number of carbonyl (C=O) groups excluding carboxylic acids is 2. The van der Waals surface area contributed by atoms with Crippen molar-refractivity contribution in [2.45, 2.75) is 19.0 Å². The molecule has 0 spiro atoms. The van der Waals surface area contributed by atoms with Crippen molar-refractivity contribution in [2.24, 2.45) is 5.92 Å². The Labute approximate surface area is 171 Å².